The highest BCUT2D eigenvalue weighted by molar-refractivity contribution is 7.89. The van der Waals surface area contributed by atoms with Crippen LogP contribution >= 0.6 is 0 Å². The first-order valence-electron chi connectivity index (χ1n) is 11.2. The molecule has 0 fully saturated rings. The zero-order chi connectivity index (χ0) is 25.3. The summed E-state index contributed by atoms with van der Waals surface area (Å²) < 4.78 is 42.6. The maximum atomic E-state index is 12.7. The summed E-state index contributed by atoms with van der Waals surface area (Å²) in [7, 11) is -0.531. The molecule has 0 aliphatic heterocycles. The van der Waals surface area contributed by atoms with Crippen LogP contribution in [-0.4, -0.2) is 52.5 Å². The molecule has 0 aliphatic rings. The fraction of sp³-hybridized carbons (Fsp3) is 0.269. The summed E-state index contributed by atoms with van der Waals surface area (Å²) in [6, 6.07) is 20.9. The predicted octanol–water partition coefficient (Wildman–Crippen LogP) is 3.72. The Morgan fingerprint density at radius 3 is 2.20 bits per heavy atom. The number of para-hydroxylation sites is 1. The molecule has 0 bridgehead atoms. The van der Waals surface area contributed by atoms with Crippen molar-refractivity contribution in [3.05, 3.63) is 83.9 Å². The van der Waals surface area contributed by atoms with Crippen LogP contribution in [0.25, 0.3) is 0 Å². The van der Waals surface area contributed by atoms with Crippen molar-refractivity contribution >= 4 is 15.9 Å². The third-order valence-corrected chi connectivity index (χ3v) is 6.84. The van der Waals surface area contributed by atoms with Crippen LogP contribution in [0.5, 0.6) is 17.2 Å². The quantitative estimate of drug-likeness (QED) is 0.383. The molecule has 186 valence electrons. The van der Waals surface area contributed by atoms with E-state index in [1.165, 1.54) is 26.2 Å². The van der Waals surface area contributed by atoms with E-state index in [4.69, 9.17) is 14.2 Å². The zero-order valence-electron chi connectivity index (χ0n) is 20.1. The SMILES string of the molecule is CCOc1cc(C(=O)NCc2ccc(S(=O)(=O)N(C)C)cc2)ccc1OCCOc1ccccc1. The minimum atomic E-state index is -3.49. The second kappa shape index (κ2) is 12.2. The third kappa shape index (κ3) is 7.21. The molecular weight excluding hydrogens is 468 g/mol. The smallest absolute Gasteiger partial charge is 0.251 e. The monoisotopic (exact) mass is 498 g/mol. The number of nitrogens with one attached hydrogen (secondary N) is 1. The van der Waals surface area contributed by atoms with E-state index in [-0.39, 0.29) is 17.3 Å². The number of nitrogens with zero attached hydrogens (tertiary/aromatic N) is 1. The van der Waals surface area contributed by atoms with Gasteiger partial charge in [-0.05, 0) is 55.0 Å². The number of sulfonamides is 1. The molecule has 3 rings (SSSR count). The van der Waals surface area contributed by atoms with Gasteiger partial charge in [-0.3, -0.25) is 4.79 Å². The van der Waals surface area contributed by atoms with Crippen LogP contribution in [0.4, 0.5) is 0 Å². The minimum absolute atomic E-state index is 0.198. The van der Waals surface area contributed by atoms with Crippen LogP contribution < -0.4 is 19.5 Å². The molecule has 8 nitrogen and oxygen atoms in total. The highest BCUT2D eigenvalue weighted by atomic mass is 32.2. The molecule has 0 unspecified atom stereocenters. The Bertz CT molecular complexity index is 1210. The van der Waals surface area contributed by atoms with Crippen LogP contribution in [0.15, 0.2) is 77.7 Å². The zero-order valence-corrected chi connectivity index (χ0v) is 20.9. The first kappa shape index (κ1) is 26.1. The number of carbonyl (C=O) groups excluding carboxylic acids is 1. The summed E-state index contributed by atoms with van der Waals surface area (Å²) in [5.41, 5.74) is 1.20. The number of hydrogen-bond donors (Lipinski definition) is 1. The van der Waals surface area contributed by atoms with Crippen molar-refractivity contribution in [1.29, 1.82) is 0 Å². The van der Waals surface area contributed by atoms with E-state index in [1.54, 1.807) is 30.3 Å². The van der Waals surface area contributed by atoms with Crippen molar-refractivity contribution < 1.29 is 27.4 Å². The Kier molecular flexibility index (Phi) is 9.11. The van der Waals surface area contributed by atoms with Gasteiger partial charge in [0.1, 0.15) is 19.0 Å². The molecule has 0 heterocycles. The van der Waals surface area contributed by atoms with Gasteiger partial charge in [-0.1, -0.05) is 30.3 Å². The summed E-state index contributed by atoms with van der Waals surface area (Å²) >= 11 is 0. The Morgan fingerprint density at radius 1 is 0.857 bits per heavy atom. The Morgan fingerprint density at radius 2 is 1.54 bits per heavy atom. The van der Waals surface area contributed by atoms with Crippen molar-refractivity contribution in [2.45, 2.75) is 18.4 Å². The van der Waals surface area contributed by atoms with E-state index in [2.05, 4.69) is 5.32 Å². The van der Waals surface area contributed by atoms with E-state index < -0.39 is 10.0 Å². The fourth-order valence-electron chi connectivity index (χ4n) is 3.14. The average molecular weight is 499 g/mol. The molecular formula is C26H30N2O6S. The number of amides is 1. The molecule has 0 aliphatic carbocycles. The molecule has 3 aromatic rings. The molecule has 0 spiro atoms. The lowest BCUT2D eigenvalue weighted by Crippen LogP contribution is -2.23. The summed E-state index contributed by atoms with van der Waals surface area (Å²) in [4.78, 5) is 12.9. The number of ether oxygens (including phenoxy) is 3. The third-order valence-electron chi connectivity index (χ3n) is 5.01. The Balaban J connectivity index is 1.57. The molecule has 1 amide bonds. The van der Waals surface area contributed by atoms with Crippen molar-refractivity contribution in [3.8, 4) is 17.2 Å². The van der Waals surface area contributed by atoms with Crippen LogP contribution in [0.2, 0.25) is 0 Å². The Labute approximate surface area is 206 Å². The molecule has 35 heavy (non-hydrogen) atoms. The topological polar surface area (TPSA) is 94.2 Å². The van der Waals surface area contributed by atoms with Crippen molar-refractivity contribution in [2.24, 2.45) is 0 Å². The van der Waals surface area contributed by atoms with E-state index in [1.807, 2.05) is 37.3 Å². The molecule has 9 heteroatoms. The van der Waals surface area contributed by atoms with E-state index in [0.29, 0.717) is 36.9 Å². The van der Waals surface area contributed by atoms with Gasteiger partial charge in [0, 0.05) is 26.2 Å². The van der Waals surface area contributed by atoms with Gasteiger partial charge in [0.2, 0.25) is 10.0 Å². The fourth-order valence-corrected chi connectivity index (χ4v) is 4.04. The molecule has 0 atom stereocenters. The molecule has 0 saturated carbocycles. The van der Waals surface area contributed by atoms with Crippen molar-refractivity contribution in [3.63, 3.8) is 0 Å². The van der Waals surface area contributed by atoms with Gasteiger partial charge in [0.05, 0.1) is 11.5 Å². The summed E-state index contributed by atoms with van der Waals surface area (Å²) in [5.74, 6) is 1.48. The highest BCUT2D eigenvalue weighted by Gasteiger charge is 2.17. The maximum absolute atomic E-state index is 12.7. The van der Waals surface area contributed by atoms with Gasteiger partial charge in [-0.25, -0.2) is 12.7 Å². The van der Waals surface area contributed by atoms with Crippen LogP contribution in [0.1, 0.15) is 22.8 Å². The van der Waals surface area contributed by atoms with E-state index in [0.717, 1.165) is 15.6 Å². The second-order valence-electron chi connectivity index (χ2n) is 7.72. The standard InChI is InChI=1S/C26H30N2O6S/c1-4-32-25-18-21(12-15-24(25)34-17-16-33-22-8-6-5-7-9-22)26(29)27-19-20-10-13-23(14-11-20)35(30,31)28(2)3/h5-15,18H,4,16-17,19H2,1-3H3,(H,27,29). The predicted molar refractivity (Wildman–Crippen MR) is 134 cm³/mol. The van der Waals surface area contributed by atoms with Gasteiger partial charge in [-0.15, -0.1) is 0 Å². The minimum Gasteiger partial charge on any atom is -0.490 e. The lowest BCUT2D eigenvalue weighted by Gasteiger charge is -2.14. The van der Waals surface area contributed by atoms with Gasteiger partial charge in [-0.2, -0.15) is 0 Å². The molecule has 0 radical (unpaired) electrons. The van der Waals surface area contributed by atoms with E-state index in [9.17, 15) is 13.2 Å². The highest BCUT2D eigenvalue weighted by Crippen LogP contribution is 2.28. The maximum Gasteiger partial charge on any atom is 0.251 e. The summed E-state index contributed by atoms with van der Waals surface area (Å²) in [6.45, 7) is 3.21. The van der Waals surface area contributed by atoms with Gasteiger partial charge in [0.15, 0.2) is 11.5 Å². The number of carbonyl (C=O) groups is 1. The van der Waals surface area contributed by atoms with Crippen LogP contribution in [0, 0.1) is 0 Å². The summed E-state index contributed by atoms with van der Waals surface area (Å²) in [6.07, 6.45) is 0. The average Bonchev–Trinajstić information content (AvgIpc) is 2.86. The first-order chi connectivity index (χ1) is 16.8. The number of benzene rings is 3. The lowest BCUT2D eigenvalue weighted by molar-refractivity contribution is 0.0950. The van der Waals surface area contributed by atoms with Crippen molar-refractivity contribution in [1.82, 2.24) is 9.62 Å². The first-order valence-corrected chi connectivity index (χ1v) is 12.6. The van der Waals surface area contributed by atoms with E-state index >= 15 is 0 Å². The van der Waals surface area contributed by atoms with Crippen LogP contribution in [-0.2, 0) is 16.6 Å². The molecule has 0 aromatic heterocycles. The number of rotatable bonds is 12. The normalized spacial score (nSPS) is 11.2. The van der Waals surface area contributed by atoms with Crippen molar-refractivity contribution in [2.75, 3.05) is 33.9 Å². The Hall–Kier alpha value is -3.56. The lowest BCUT2D eigenvalue weighted by atomic mass is 10.1. The largest absolute Gasteiger partial charge is 0.490 e. The molecule has 1 N–H and O–H groups in total. The van der Waals surface area contributed by atoms with Crippen LogP contribution in [0.3, 0.4) is 0 Å². The molecule has 0 saturated heterocycles. The molecule has 3 aromatic carbocycles. The van der Waals surface area contributed by atoms with Gasteiger partial charge in [0.25, 0.3) is 5.91 Å². The number of hydrogen-bond acceptors (Lipinski definition) is 6. The van der Waals surface area contributed by atoms with Gasteiger partial charge < -0.3 is 19.5 Å². The second-order valence-corrected chi connectivity index (χ2v) is 9.87. The van der Waals surface area contributed by atoms with Gasteiger partial charge >= 0.3 is 0 Å². The summed E-state index contributed by atoms with van der Waals surface area (Å²) in [5, 5.41) is 2.84.